The highest BCUT2D eigenvalue weighted by atomic mass is 35.5. The first-order chi connectivity index (χ1) is 10.2. The summed E-state index contributed by atoms with van der Waals surface area (Å²) in [4.78, 5) is 4.40. The molecule has 0 amide bonds. The SMILES string of the molecule is NCc1cc(Oc2ccc(Cl)c(F)c2)nc2ccccc12. The van der Waals surface area contributed by atoms with Gasteiger partial charge in [-0.3, -0.25) is 0 Å². The van der Waals surface area contributed by atoms with Crippen LogP contribution in [-0.2, 0) is 6.54 Å². The minimum Gasteiger partial charge on any atom is -0.439 e. The van der Waals surface area contributed by atoms with E-state index in [4.69, 9.17) is 22.1 Å². The molecule has 1 heterocycles. The Kier molecular flexibility index (Phi) is 3.73. The Hall–Kier alpha value is -2.17. The van der Waals surface area contributed by atoms with Crippen molar-refractivity contribution in [1.82, 2.24) is 4.98 Å². The summed E-state index contributed by atoms with van der Waals surface area (Å²) in [7, 11) is 0. The number of nitrogens with two attached hydrogens (primary N) is 1. The van der Waals surface area contributed by atoms with Crippen molar-refractivity contribution < 1.29 is 9.13 Å². The third-order valence-electron chi connectivity index (χ3n) is 3.11. The normalized spacial score (nSPS) is 10.8. The fourth-order valence-corrected chi connectivity index (χ4v) is 2.22. The van der Waals surface area contributed by atoms with Crippen molar-refractivity contribution in [3.05, 3.63) is 64.9 Å². The van der Waals surface area contributed by atoms with Crippen LogP contribution < -0.4 is 10.5 Å². The number of hydrogen-bond donors (Lipinski definition) is 1. The lowest BCUT2D eigenvalue weighted by Gasteiger charge is -2.09. The molecule has 2 N–H and O–H groups in total. The number of aromatic nitrogens is 1. The lowest BCUT2D eigenvalue weighted by molar-refractivity contribution is 0.459. The largest absolute Gasteiger partial charge is 0.439 e. The van der Waals surface area contributed by atoms with Crippen LogP contribution in [0.1, 0.15) is 5.56 Å². The molecule has 0 radical (unpaired) electrons. The molecule has 21 heavy (non-hydrogen) atoms. The smallest absolute Gasteiger partial charge is 0.220 e. The van der Waals surface area contributed by atoms with Crippen LogP contribution in [0.4, 0.5) is 4.39 Å². The molecule has 0 unspecified atom stereocenters. The number of hydrogen-bond acceptors (Lipinski definition) is 3. The van der Waals surface area contributed by atoms with Crippen LogP contribution in [0.2, 0.25) is 5.02 Å². The van der Waals surface area contributed by atoms with Gasteiger partial charge in [-0.1, -0.05) is 29.8 Å². The summed E-state index contributed by atoms with van der Waals surface area (Å²) >= 11 is 5.65. The Balaban J connectivity index is 2.02. The van der Waals surface area contributed by atoms with Crippen molar-refractivity contribution in [2.75, 3.05) is 0 Å². The molecule has 0 atom stereocenters. The molecular formula is C16H12ClFN2O. The summed E-state index contributed by atoms with van der Waals surface area (Å²) < 4.78 is 19.0. The Morgan fingerprint density at radius 2 is 1.95 bits per heavy atom. The van der Waals surface area contributed by atoms with E-state index in [0.717, 1.165) is 16.5 Å². The molecular weight excluding hydrogens is 291 g/mol. The van der Waals surface area contributed by atoms with E-state index in [9.17, 15) is 4.39 Å². The summed E-state index contributed by atoms with van der Waals surface area (Å²) in [6.45, 7) is 0.369. The maximum Gasteiger partial charge on any atom is 0.220 e. The van der Waals surface area contributed by atoms with Gasteiger partial charge in [0.25, 0.3) is 0 Å². The zero-order valence-electron chi connectivity index (χ0n) is 11.0. The zero-order valence-corrected chi connectivity index (χ0v) is 11.8. The molecule has 0 saturated heterocycles. The Morgan fingerprint density at radius 1 is 1.14 bits per heavy atom. The van der Waals surface area contributed by atoms with Crippen LogP contribution in [0.15, 0.2) is 48.5 Å². The fraction of sp³-hybridized carbons (Fsp3) is 0.0625. The summed E-state index contributed by atoms with van der Waals surface area (Å²) in [6.07, 6.45) is 0. The predicted molar refractivity (Wildman–Crippen MR) is 81.1 cm³/mol. The number of para-hydroxylation sites is 1. The van der Waals surface area contributed by atoms with Crippen molar-refractivity contribution in [2.24, 2.45) is 5.73 Å². The summed E-state index contributed by atoms with van der Waals surface area (Å²) in [5, 5.41) is 1.03. The van der Waals surface area contributed by atoms with E-state index in [0.29, 0.717) is 18.2 Å². The molecule has 0 spiro atoms. The van der Waals surface area contributed by atoms with Crippen LogP contribution >= 0.6 is 11.6 Å². The van der Waals surface area contributed by atoms with E-state index in [1.807, 2.05) is 24.3 Å². The quantitative estimate of drug-likeness (QED) is 0.785. The molecule has 0 bridgehead atoms. The number of fused-ring (bicyclic) bond motifs is 1. The standard InChI is InChI=1S/C16H12ClFN2O/c17-13-6-5-11(8-14(13)18)21-16-7-10(9-19)12-3-1-2-4-15(12)20-16/h1-8H,9,19H2. The van der Waals surface area contributed by atoms with E-state index in [-0.39, 0.29) is 5.02 Å². The third-order valence-corrected chi connectivity index (χ3v) is 3.42. The molecule has 3 aromatic rings. The van der Waals surface area contributed by atoms with Gasteiger partial charge in [-0.05, 0) is 23.8 Å². The molecule has 3 rings (SSSR count). The zero-order chi connectivity index (χ0) is 14.8. The van der Waals surface area contributed by atoms with E-state index in [2.05, 4.69) is 4.98 Å². The van der Waals surface area contributed by atoms with Gasteiger partial charge < -0.3 is 10.5 Å². The number of rotatable bonds is 3. The van der Waals surface area contributed by atoms with Gasteiger partial charge in [0, 0.05) is 24.1 Å². The topological polar surface area (TPSA) is 48.1 Å². The van der Waals surface area contributed by atoms with E-state index < -0.39 is 5.82 Å². The maximum absolute atomic E-state index is 13.4. The highest BCUT2D eigenvalue weighted by molar-refractivity contribution is 6.30. The van der Waals surface area contributed by atoms with Crippen LogP contribution in [0.3, 0.4) is 0 Å². The minimum atomic E-state index is -0.533. The third kappa shape index (κ3) is 2.82. The maximum atomic E-state index is 13.4. The molecule has 0 aliphatic heterocycles. The molecule has 106 valence electrons. The predicted octanol–water partition coefficient (Wildman–Crippen LogP) is 4.28. The number of pyridine rings is 1. The molecule has 0 aliphatic carbocycles. The Bertz CT molecular complexity index is 807. The molecule has 1 aromatic heterocycles. The average molecular weight is 303 g/mol. The second-order valence-electron chi connectivity index (χ2n) is 4.52. The van der Waals surface area contributed by atoms with Crippen LogP contribution in [0.5, 0.6) is 11.6 Å². The molecule has 0 saturated carbocycles. The summed E-state index contributed by atoms with van der Waals surface area (Å²) in [5.41, 5.74) is 7.47. The van der Waals surface area contributed by atoms with Gasteiger partial charge >= 0.3 is 0 Å². The van der Waals surface area contributed by atoms with Crippen LogP contribution in [0, 0.1) is 5.82 Å². The molecule has 2 aromatic carbocycles. The Labute approximate surface area is 126 Å². The van der Waals surface area contributed by atoms with Gasteiger partial charge in [-0.15, -0.1) is 0 Å². The highest BCUT2D eigenvalue weighted by Crippen LogP contribution is 2.27. The minimum absolute atomic E-state index is 0.0523. The van der Waals surface area contributed by atoms with Crippen molar-refractivity contribution >= 4 is 22.5 Å². The van der Waals surface area contributed by atoms with Crippen LogP contribution in [0.25, 0.3) is 10.9 Å². The number of nitrogens with zero attached hydrogens (tertiary/aromatic N) is 1. The average Bonchev–Trinajstić information content (AvgIpc) is 2.50. The first-order valence-corrected chi connectivity index (χ1v) is 6.77. The highest BCUT2D eigenvalue weighted by Gasteiger charge is 2.08. The van der Waals surface area contributed by atoms with Gasteiger partial charge in [-0.2, -0.15) is 0 Å². The first kappa shape index (κ1) is 13.8. The molecule has 0 aliphatic rings. The summed E-state index contributed by atoms with van der Waals surface area (Å²) in [5.74, 6) is 0.174. The number of ether oxygens (including phenoxy) is 1. The molecule has 0 fully saturated rings. The van der Waals surface area contributed by atoms with E-state index >= 15 is 0 Å². The second kappa shape index (κ2) is 5.68. The van der Waals surface area contributed by atoms with Crippen molar-refractivity contribution in [3.8, 4) is 11.6 Å². The Morgan fingerprint density at radius 3 is 2.71 bits per heavy atom. The van der Waals surface area contributed by atoms with Gasteiger partial charge in [-0.25, -0.2) is 9.37 Å². The first-order valence-electron chi connectivity index (χ1n) is 6.39. The van der Waals surface area contributed by atoms with Gasteiger partial charge in [0.15, 0.2) is 0 Å². The second-order valence-corrected chi connectivity index (χ2v) is 4.93. The fourth-order valence-electron chi connectivity index (χ4n) is 2.10. The molecule has 3 nitrogen and oxygen atoms in total. The number of benzene rings is 2. The van der Waals surface area contributed by atoms with Gasteiger partial charge in [0.05, 0.1) is 10.5 Å². The van der Waals surface area contributed by atoms with Gasteiger partial charge in [0.2, 0.25) is 5.88 Å². The van der Waals surface area contributed by atoms with Crippen molar-refractivity contribution in [1.29, 1.82) is 0 Å². The monoisotopic (exact) mass is 302 g/mol. The van der Waals surface area contributed by atoms with Crippen molar-refractivity contribution in [2.45, 2.75) is 6.54 Å². The van der Waals surface area contributed by atoms with Crippen molar-refractivity contribution in [3.63, 3.8) is 0 Å². The van der Waals surface area contributed by atoms with E-state index in [1.165, 1.54) is 12.1 Å². The summed E-state index contributed by atoms with van der Waals surface area (Å²) in [6, 6.07) is 13.7. The molecule has 5 heteroatoms. The van der Waals surface area contributed by atoms with Gasteiger partial charge in [0.1, 0.15) is 11.6 Å². The van der Waals surface area contributed by atoms with E-state index in [1.54, 1.807) is 12.1 Å². The lowest BCUT2D eigenvalue weighted by Crippen LogP contribution is -2.00. The van der Waals surface area contributed by atoms with Crippen LogP contribution in [-0.4, -0.2) is 4.98 Å². The number of halogens is 2. The lowest BCUT2D eigenvalue weighted by atomic mass is 10.1.